The standard InChI is InChI=1S/C23H23ClN4O/c1-14-5-3-4-6-19(14)27-12-11-20-18(23(27)29)13-25-22-21(15(2)26-28(20)22)16-7-9-17(24)10-8-16/h7-14,19H,3-6H2,1-2H3/t14-,19-/m1/s1. The van der Waals surface area contributed by atoms with Gasteiger partial charge >= 0.3 is 0 Å². The molecule has 4 aromatic rings. The monoisotopic (exact) mass is 406 g/mol. The van der Waals surface area contributed by atoms with Gasteiger partial charge in [0.25, 0.3) is 5.56 Å². The number of nitrogens with zero attached hydrogens (tertiary/aromatic N) is 4. The van der Waals surface area contributed by atoms with Crippen LogP contribution in [-0.4, -0.2) is 19.2 Å². The van der Waals surface area contributed by atoms with Crippen LogP contribution in [0.1, 0.15) is 44.3 Å². The van der Waals surface area contributed by atoms with E-state index in [0.29, 0.717) is 16.3 Å². The van der Waals surface area contributed by atoms with Crippen LogP contribution >= 0.6 is 11.6 Å². The maximum atomic E-state index is 13.3. The molecule has 1 fully saturated rings. The van der Waals surface area contributed by atoms with Gasteiger partial charge in [-0.2, -0.15) is 5.10 Å². The van der Waals surface area contributed by atoms with Gasteiger partial charge in [-0.15, -0.1) is 0 Å². The zero-order valence-electron chi connectivity index (χ0n) is 16.6. The molecular formula is C23H23ClN4O. The number of aryl methyl sites for hydroxylation is 1. The van der Waals surface area contributed by atoms with Crippen LogP contribution in [0.25, 0.3) is 27.7 Å². The van der Waals surface area contributed by atoms with E-state index in [0.717, 1.165) is 34.4 Å². The molecule has 29 heavy (non-hydrogen) atoms. The zero-order valence-corrected chi connectivity index (χ0v) is 17.4. The molecule has 0 spiro atoms. The molecule has 1 aliphatic carbocycles. The Kier molecular flexibility index (Phi) is 4.43. The van der Waals surface area contributed by atoms with Gasteiger partial charge in [-0.05, 0) is 49.4 Å². The van der Waals surface area contributed by atoms with Crippen molar-refractivity contribution in [2.24, 2.45) is 5.92 Å². The molecule has 148 valence electrons. The van der Waals surface area contributed by atoms with Crippen molar-refractivity contribution in [3.63, 3.8) is 0 Å². The topological polar surface area (TPSA) is 52.2 Å². The third-order valence-corrected chi connectivity index (χ3v) is 6.52. The molecule has 0 amide bonds. The van der Waals surface area contributed by atoms with Crippen molar-refractivity contribution in [3.05, 3.63) is 63.8 Å². The number of fused-ring (bicyclic) bond motifs is 3. The quantitative estimate of drug-likeness (QED) is 0.446. The predicted octanol–water partition coefficient (Wildman–Crippen LogP) is 5.42. The van der Waals surface area contributed by atoms with E-state index in [2.05, 4.69) is 11.9 Å². The van der Waals surface area contributed by atoms with Crippen LogP contribution in [0.4, 0.5) is 0 Å². The van der Waals surface area contributed by atoms with Crippen LogP contribution in [0, 0.1) is 12.8 Å². The minimum Gasteiger partial charge on any atom is -0.312 e. The average molecular weight is 407 g/mol. The Labute approximate surface area is 174 Å². The van der Waals surface area contributed by atoms with Crippen molar-refractivity contribution >= 4 is 28.2 Å². The molecule has 0 saturated heterocycles. The van der Waals surface area contributed by atoms with Crippen molar-refractivity contribution in [2.75, 3.05) is 0 Å². The number of hydrogen-bond acceptors (Lipinski definition) is 3. The van der Waals surface area contributed by atoms with E-state index in [4.69, 9.17) is 16.7 Å². The van der Waals surface area contributed by atoms with Crippen LogP contribution in [-0.2, 0) is 0 Å². The molecule has 0 bridgehead atoms. The first-order valence-electron chi connectivity index (χ1n) is 10.2. The van der Waals surface area contributed by atoms with Crippen LogP contribution < -0.4 is 5.56 Å². The second-order valence-corrected chi connectivity index (χ2v) is 8.55. The Morgan fingerprint density at radius 3 is 2.62 bits per heavy atom. The summed E-state index contributed by atoms with van der Waals surface area (Å²) in [5.41, 5.74) is 4.42. The number of pyridine rings is 1. The van der Waals surface area contributed by atoms with Crippen LogP contribution in [0.2, 0.25) is 5.02 Å². The molecule has 0 unspecified atom stereocenters. The number of rotatable bonds is 2. The van der Waals surface area contributed by atoms with E-state index >= 15 is 0 Å². The Bertz CT molecular complexity index is 1270. The first-order valence-corrected chi connectivity index (χ1v) is 10.6. The third kappa shape index (κ3) is 2.96. The van der Waals surface area contributed by atoms with E-state index in [1.807, 2.05) is 48.0 Å². The number of hydrogen-bond donors (Lipinski definition) is 0. The molecule has 5 rings (SSSR count). The molecule has 1 aromatic carbocycles. The van der Waals surface area contributed by atoms with Crippen molar-refractivity contribution in [3.8, 4) is 11.1 Å². The Morgan fingerprint density at radius 2 is 1.86 bits per heavy atom. The number of halogens is 1. The summed E-state index contributed by atoms with van der Waals surface area (Å²) in [5.74, 6) is 0.513. The highest BCUT2D eigenvalue weighted by Crippen LogP contribution is 2.33. The van der Waals surface area contributed by atoms with Gasteiger partial charge in [0.15, 0.2) is 5.65 Å². The Morgan fingerprint density at radius 1 is 1.10 bits per heavy atom. The fourth-order valence-corrected chi connectivity index (χ4v) is 4.84. The van der Waals surface area contributed by atoms with E-state index in [1.54, 1.807) is 10.7 Å². The highest BCUT2D eigenvalue weighted by molar-refractivity contribution is 6.30. The smallest absolute Gasteiger partial charge is 0.261 e. The van der Waals surface area contributed by atoms with Crippen molar-refractivity contribution in [1.29, 1.82) is 0 Å². The van der Waals surface area contributed by atoms with Crippen LogP contribution in [0.15, 0.2) is 47.5 Å². The van der Waals surface area contributed by atoms with E-state index in [9.17, 15) is 4.79 Å². The van der Waals surface area contributed by atoms with Gasteiger partial charge in [0, 0.05) is 29.0 Å². The van der Waals surface area contributed by atoms with E-state index < -0.39 is 0 Å². The summed E-state index contributed by atoms with van der Waals surface area (Å²) in [7, 11) is 0. The third-order valence-electron chi connectivity index (χ3n) is 6.27. The van der Waals surface area contributed by atoms with Crippen LogP contribution in [0.3, 0.4) is 0 Å². The molecule has 1 aliphatic rings. The molecule has 0 radical (unpaired) electrons. The lowest BCUT2D eigenvalue weighted by atomic mass is 9.85. The molecule has 6 heteroatoms. The van der Waals surface area contributed by atoms with E-state index in [1.165, 1.54) is 19.3 Å². The maximum Gasteiger partial charge on any atom is 0.261 e. The summed E-state index contributed by atoms with van der Waals surface area (Å²) >= 11 is 6.04. The predicted molar refractivity (Wildman–Crippen MR) is 117 cm³/mol. The summed E-state index contributed by atoms with van der Waals surface area (Å²) < 4.78 is 3.71. The van der Waals surface area contributed by atoms with Gasteiger partial charge in [-0.3, -0.25) is 4.79 Å². The van der Waals surface area contributed by atoms with Crippen molar-refractivity contribution in [2.45, 2.75) is 45.6 Å². The first-order chi connectivity index (χ1) is 14.0. The lowest BCUT2D eigenvalue weighted by Gasteiger charge is -2.30. The SMILES string of the molecule is Cc1nn2c(ncc3c(=O)n([C@@H]4CCCC[C@H]4C)ccc32)c1-c1ccc(Cl)cc1. The largest absolute Gasteiger partial charge is 0.312 e. The summed E-state index contributed by atoms with van der Waals surface area (Å²) in [6.07, 6.45) is 8.31. The second-order valence-electron chi connectivity index (χ2n) is 8.12. The van der Waals surface area contributed by atoms with Crippen LogP contribution in [0.5, 0.6) is 0 Å². The average Bonchev–Trinajstić information content (AvgIpc) is 3.06. The molecule has 1 saturated carbocycles. The number of benzene rings is 1. The lowest BCUT2D eigenvalue weighted by molar-refractivity contribution is 0.253. The molecule has 3 heterocycles. The molecule has 5 nitrogen and oxygen atoms in total. The van der Waals surface area contributed by atoms with Gasteiger partial charge in [0.1, 0.15) is 0 Å². The fraction of sp³-hybridized carbons (Fsp3) is 0.348. The van der Waals surface area contributed by atoms with Crippen molar-refractivity contribution in [1.82, 2.24) is 19.2 Å². The lowest BCUT2D eigenvalue weighted by Crippen LogP contribution is -2.30. The molecule has 0 N–H and O–H groups in total. The van der Waals surface area contributed by atoms with Crippen molar-refractivity contribution < 1.29 is 0 Å². The minimum absolute atomic E-state index is 0.0249. The Balaban J connectivity index is 1.70. The zero-order chi connectivity index (χ0) is 20.1. The first kappa shape index (κ1) is 18.4. The highest BCUT2D eigenvalue weighted by atomic mass is 35.5. The summed E-state index contributed by atoms with van der Waals surface area (Å²) in [6.45, 7) is 4.21. The minimum atomic E-state index is 0.0249. The summed E-state index contributed by atoms with van der Waals surface area (Å²) in [6, 6.07) is 9.95. The van der Waals surface area contributed by atoms with Gasteiger partial charge < -0.3 is 4.57 Å². The maximum absolute atomic E-state index is 13.3. The fourth-order valence-electron chi connectivity index (χ4n) is 4.72. The highest BCUT2D eigenvalue weighted by Gasteiger charge is 2.24. The molecule has 2 atom stereocenters. The van der Waals surface area contributed by atoms with Gasteiger partial charge in [-0.1, -0.05) is 43.5 Å². The van der Waals surface area contributed by atoms with Gasteiger partial charge in [0.2, 0.25) is 0 Å². The molecular weight excluding hydrogens is 384 g/mol. The second kappa shape index (κ2) is 6.99. The van der Waals surface area contributed by atoms with E-state index in [-0.39, 0.29) is 11.6 Å². The summed E-state index contributed by atoms with van der Waals surface area (Å²) in [4.78, 5) is 17.9. The molecule has 3 aromatic heterocycles. The van der Waals surface area contributed by atoms with Gasteiger partial charge in [0.05, 0.1) is 16.6 Å². The summed E-state index contributed by atoms with van der Waals surface area (Å²) in [5, 5.41) is 6.02. The normalized spacial score (nSPS) is 19.8. The number of aromatic nitrogens is 4. The molecule has 0 aliphatic heterocycles. The Hall–Kier alpha value is -2.66. The van der Waals surface area contributed by atoms with Gasteiger partial charge in [-0.25, -0.2) is 9.50 Å².